The molecule has 20 heavy (non-hydrogen) atoms. The predicted molar refractivity (Wildman–Crippen MR) is 86.2 cm³/mol. The van der Waals surface area contributed by atoms with Crippen molar-refractivity contribution in [3.63, 3.8) is 0 Å². The molecule has 0 amide bonds. The largest absolute Gasteiger partial charge is 0.456 e. The molecule has 1 N–H and O–H groups in total. The number of hydrogen-bond acceptors (Lipinski definition) is 2. The summed E-state index contributed by atoms with van der Waals surface area (Å²) in [6.45, 7) is 5.96. The van der Waals surface area contributed by atoms with Crippen LogP contribution in [0.5, 0.6) is 0 Å². The Morgan fingerprint density at radius 1 is 1.15 bits per heavy atom. The highest BCUT2D eigenvalue weighted by molar-refractivity contribution is 6.05. The molecular weight excluding hydrogens is 246 g/mol. The minimum Gasteiger partial charge on any atom is -0.456 e. The standard InChI is InChI=1S/C18H19NO/c1-3-4-7-13(2)19-14-10-11-18-16(12-14)15-8-5-6-9-17(15)20-18/h3,5-6,8-13,19H,1,4,7H2,2H3. The van der Waals surface area contributed by atoms with Crippen LogP contribution in [0.15, 0.2) is 59.5 Å². The zero-order valence-corrected chi connectivity index (χ0v) is 11.7. The maximum Gasteiger partial charge on any atom is 0.135 e. The Morgan fingerprint density at radius 2 is 1.95 bits per heavy atom. The molecule has 0 aliphatic heterocycles. The molecule has 1 heterocycles. The van der Waals surface area contributed by atoms with Gasteiger partial charge < -0.3 is 9.73 Å². The summed E-state index contributed by atoms with van der Waals surface area (Å²) in [4.78, 5) is 0. The third kappa shape index (κ3) is 2.42. The molecule has 1 atom stereocenters. The Balaban J connectivity index is 1.93. The van der Waals surface area contributed by atoms with E-state index in [1.807, 2.05) is 30.3 Å². The van der Waals surface area contributed by atoms with Crippen molar-refractivity contribution in [1.82, 2.24) is 0 Å². The van der Waals surface area contributed by atoms with Gasteiger partial charge in [0.25, 0.3) is 0 Å². The summed E-state index contributed by atoms with van der Waals surface area (Å²) in [7, 11) is 0. The number of para-hydroxylation sites is 1. The monoisotopic (exact) mass is 265 g/mol. The van der Waals surface area contributed by atoms with E-state index in [-0.39, 0.29) is 0 Å². The summed E-state index contributed by atoms with van der Waals surface area (Å²) < 4.78 is 5.84. The summed E-state index contributed by atoms with van der Waals surface area (Å²) in [6, 6.07) is 14.9. The van der Waals surface area contributed by atoms with Gasteiger partial charge in [-0.05, 0) is 44.0 Å². The van der Waals surface area contributed by atoms with Crippen molar-refractivity contribution < 1.29 is 4.42 Å². The van der Waals surface area contributed by atoms with E-state index in [2.05, 4.69) is 37.0 Å². The first kappa shape index (κ1) is 12.8. The van der Waals surface area contributed by atoms with Crippen molar-refractivity contribution in [3.8, 4) is 0 Å². The molecule has 0 aliphatic carbocycles. The van der Waals surface area contributed by atoms with Crippen LogP contribution in [0.1, 0.15) is 19.8 Å². The van der Waals surface area contributed by atoms with Gasteiger partial charge in [0.2, 0.25) is 0 Å². The van der Waals surface area contributed by atoms with Gasteiger partial charge in [-0.1, -0.05) is 24.3 Å². The summed E-state index contributed by atoms with van der Waals surface area (Å²) >= 11 is 0. The fourth-order valence-electron chi connectivity index (χ4n) is 2.54. The molecule has 0 spiro atoms. The van der Waals surface area contributed by atoms with Crippen LogP contribution < -0.4 is 5.32 Å². The van der Waals surface area contributed by atoms with Gasteiger partial charge >= 0.3 is 0 Å². The Labute approximate surface area is 119 Å². The lowest BCUT2D eigenvalue weighted by atomic mass is 10.1. The number of hydrogen-bond donors (Lipinski definition) is 1. The highest BCUT2D eigenvalue weighted by Crippen LogP contribution is 2.30. The Morgan fingerprint density at radius 3 is 2.80 bits per heavy atom. The van der Waals surface area contributed by atoms with E-state index in [1.54, 1.807) is 0 Å². The Kier molecular flexibility index (Phi) is 3.46. The SMILES string of the molecule is C=CCCC(C)Nc1ccc2oc3ccccc3c2c1. The lowest BCUT2D eigenvalue weighted by Gasteiger charge is -2.14. The highest BCUT2D eigenvalue weighted by Gasteiger charge is 2.08. The lowest BCUT2D eigenvalue weighted by molar-refractivity contribution is 0.669. The normalized spacial score (nSPS) is 12.7. The molecule has 1 aromatic heterocycles. The number of rotatable bonds is 5. The molecule has 102 valence electrons. The van der Waals surface area contributed by atoms with Gasteiger partial charge in [0.1, 0.15) is 11.2 Å². The first-order valence-corrected chi connectivity index (χ1v) is 7.06. The maximum absolute atomic E-state index is 5.84. The van der Waals surface area contributed by atoms with Crippen molar-refractivity contribution in [2.45, 2.75) is 25.8 Å². The van der Waals surface area contributed by atoms with Crippen LogP contribution in [-0.4, -0.2) is 6.04 Å². The molecular formula is C18H19NO. The van der Waals surface area contributed by atoms with Crippen LogP contribution >= 0.6 is 0 Å². The van der Waals surface area contributed by atoms with E-state index in [0.717, 1.165) is 29.7 Å². The van der Waals surface area contributed by atoms with Crippen LogP contribution in [0.3, 0.4) is 0 Å². The lowest BCUT2D eigenvalue weighted by Crippen LogP contribution is -2.14. The number of nitrogens with one attached hydrogen (secondary N) is 1. The Bertz CT molecular complexity index is 741. The predicted octanol–water partition coefficient (Wildman–Crippen LogP) is 5.35. The molecule has 1 unspecified atom stereocenters. The van der Waals surface area contributed by atoms with Crippen LogP contribution in [0.4, 0.5) is 5.69 Å². The second-order valence-electron chi connectivity index (χ2n) is 5.22. The second kappa shape index (κ2) is 5.41. The molecule has 3 aromatic rings. The van der Waals surface area contributed by atoms with Gasteiger partial charge in [-0.2, -0.15) is 0 Å². The summed E-state index contributed by atoms with van der Waals surface area (Å²) in [5, 5.41) is 5.87. The molecule has 0 fully saturated rings. The molecule has 3 rings (SSSR count). The van der Waals surface area contributed by atoms with Gasteiger partial charge in [0.05, 0.1) is 0 Å². The fraction of sp³-hybridized carbons (Fsp3) is 0.222. The highest BCUT2D eigenvalue weighted by atomic mass is 16.3. The van der Waals surface area contributed by atoms with E-state index in [1.165, 1.54) is 10.8 Å². The van der Waals surface area contributed by atoms with E-state index in [0.29, 0.717) is 6.04 Å². The third-order valence-corrected chi connectivity index (χ3v) is 3.59. The van der Waals surface area contributed by atoms with Crippen LogP contribution in [0, 0.1) is 0 Å². The fourth-order valence-corrected chi connectivity index (χ4v) is 2.54. The van der Waals surface area contributed by atoms with Crippen molar-refractivity contribution in [2.24, 2.45) is 0 Å². The average molecular weight is 265 g/mol. The van der Waals surface area contributed by atoms with Gasteiger partial charge in [-0.3, -0.25) is 0 Å². The summed E-state index contributed by atoms with van der Waals surface area (Å²) in [5.41, 5.74) is 3.02. The quantitative estimate of drug-likeness (QED) is 0.629. The topological polar surface area (TPSA) is 25.2 Å². The van der Waals surface area contributed by atoms with Crippen molar-refractivity contribution in [2.75, 3.05) is 5.32 Å². The van der Waals surface area contributed by atoms with Gasteiger partial charge in [0.15, 0.2) is 0 Å². The molecule has 0 saturated heterocycles. The van der Waals surface area contributed by atoms with Gasteiger partial charge in [-0.25, -0.2) is 0 Å². The molecule has 0 saturated carbocycles. The van der Waals surface area contributed by atoms with E-state index in [9.17, 15) is 0 Å². The first-order chi connectivity index (χ1) is 9.78. The number of allylic oxidation sites excluding steroid dienone is 1. The van der Waals surface area contributed by atoms with Crippen molar-refractivity contribution >= 4 is 27.6 Å². The molecule has 2 aromatic carbocycles. The average Bonchev–Trinajstić information content (AvgIpc) is 2.83. The zero-order chi connectivity index (χ0) is 13.9. The van der Waals surface area contributed by atoms with Crippen LogP contribution in [-0.2, 0) is 0 Å². The number of anilines is 1. The number of furan rings is 1. The van der Waals surface area contributed by atoms with Crippen LogP contribution in [0.25, 0.3) is 21.9 Å². The molecule has 0 aliphatic rings. The third-order valence-electron chi connectivity index (χ3n) is 3.59. The van der Waals surface area contributed by atoms with Gasteiger partial charge in [-0.15, -0.1) is 6.58 Å². The van der Waals surface area contributed by atoms with Gasteiger partial charge in [0, 0.05) is 22.5 Å². The second-order valence-corrected chi connectivity index (χ2v) is 5.22. The molecule has 2 nitrogen and oxygen atoms in total. The van der Waals surface area contributed by atoms with E-state index in [4.69, 9.17) is 4.42 Å². The molecule has 0 radical (unpaired) electrons. The smallest absolute Gasteiger partial charge is 0.135 e. The minimum atomic E-state index is 0.434. The summed E-state index contributed by atoms with van der Waals surface area (Å²) in [6.07, 6.45) is 4.09. The molecule has 0 bridgehead atoms. The zero-order valence-electron chi connectivity index (χ0n) is 11.7. The molecule has 2 heteroatoms. The number of benzene rings is 2. The maximum atomic E-state index is 5.84. The minimum absolute atomic E-state index is 0.434. The van der Waals surface area contributed by atoms with E-state index >= 15 is 0 Å². The Hall–Kier alpha value is -2.22. The van der Waals surface area contributed by atoms with Crippen molar-refractivity contribution in [3.05, 3.63) is 55.1 Å². The summed E-state index contributed by atoms with van der Waals surface area (Å²) in [5.74, 6) is 0. The first-order valence-electron chi connectivity index (χ1n) is 7.06. The number of fused-ring (bicyclic) bond motifs is 3. The van der Waals surface area contributed by atoms with E-state index < -0.39 is 0 Å². The van der Waals surface area contributed by atoms with Crippen LogP contribution in [0.2, 0.25) is 0 Å². The van der Waals surface area contributed by atoms with Crippen molar-refractivity contribution in [1.29, 1.82) is 0 Å².